The van der Waals surface area contributed by atoms with E-state index in [1.54, 1.807) is 0 Å². The Morgan fingerprint density at radius 1 is 1.16 bits per heavy atom. The molecule has 0 saturated carbocycles. The fourth-order valence-electron chi connectivity index (χ4n) is 3.21. The van der Waals surface area contributed by atoms with E-state index in [-0.39, 0.29) is 39.5 Å². The summed E-state index contributed by atoms with van der Waals surface area (Å²) in [6.45, 7) is -0.658. The molecular formula is C20H14Cl2F3NO5. The normalized spacial score (nSPS) is 11.7. The molecule has 0 radical (unpaired) electrons. The second-order valence-corrected chi connectivity index (χ2v) is 7.31. The van der Waals surface area contributed by atoms with E-state index < -0.39 is 35.7 Å². The zero-order chi connectivity index (χ0) is 22.9. The van der Waals surface area contributed by atoms with Crippen LogP contribution in [0.1, 0.15) is 16.7 Å². The summed E-state index contributed by atoms with van der Waals surface area (Å²) in [6, 6.07) is 6.34. The molecule has 0 amide bonds. The Balaban J connectivity index is 2.32. The summed E-state index contributed by atoms with van der Waals surface area (Å²) in [7, 11) is 0. The molecule has 0 spiro atoms. The number of carbonyl (C=O) groups is 1. The van der Waals surface area contributed by atoms with Crippen molar-refractivity contribution < 1.29 is 32.9 Å². The van der Waals surface area contributed by atoms with E-state index >= 15 is 0 Å². The van der Waals surface area contributed by atoms with Crippen LogP contribution in [0.3, 0.4) is 0 Å². The van der Waals surface area contributed by atoms with E-state index in [0.29, 0.717) is 5.56 Å². The zero-order valence-electron chi connectivity index (χ0n) is 15.5. The minimum absolute atomic E-state index is 0.0815. The van der Waals surface area contributed by atoms with E-state index in [9.17, 15) is 27.9 Å². The fraction of sp³-hybridized carbons (Fsp3) is 0.200. The third-order valence-corrected chi connectivity index (χ3v) is 5.39. The summed E-state index contributed by atoms with van der Waals surface area (Å²) >= 11 is 12.1. The van der Waals surface area contributed by atoms with Gasteiger partial charge in [0.05, 0.1) is 33.9 Å². The maximum Gasteiger partial charge on any atom is 0.511 e. The summed E-state index contributed by atoms with van der Waals surface area (Å²) < 4.78 is 47.1. The first-order valence-electron chi connectivity index (χ1n) is 8.74. The third kappa shape index (κ3) is 4.79. The number of fused-ring (bicyclic) bond motifs is 1. The van der Waals surface area contributed by atoms with Crippen LogP contribution in [-0.2, 0) is 19.1 Å². The standard InChI is InChI=1S/C20H14Cl2F3NO5/c21-14-3-1-2-10(17(14)22)6-11-7-12-15(8-13(11)20(23,24)25)26(4-5-27)9-16(18(12)28)31-19(29)30/h1-3,7-9,27H,4-6H2,(H,29,30). The van der Waals surface area contributed by atoms with Crippen LogP contribution >= 0.6 is 23.2 Å². The van der Waals surface area contributed by atoms with Gasteiger partial charge in [0.1, 0.15) is 0 Å². The number of alkyl halides is 3. The predicted octanol–water partition coefficient (Wildman–Crippen LogP) is 4.97. The number of hydrogen-bond donors (Lipinski definition) is 2. The summed E-state index contributed by atoms with van der Waals surface area (Å²) in [5, 5.41) is 18.1. The number of aliphatic hydroxyl groups is 1. The van der Waals surface area contributed by atoms with Crippen LogP contribution < -0.4 is 10.2 Å². The number of aromatic nitrogens is 1. The Labute approximate surface area is 183 Å². The van der Waals surface area contributed by atoms with Gasteiger partial charge in [-0.1, -0.05) is 35.3 Å². The van der Waals surface area contributed by atoms with E-state index in [0.717, 1.165) is 22.9 Å². The van der Waals surface area contributed by atoms with Crippen molar-refractivity contribution in [2.45, 2.75) is 19.1 Å². The predicted molar refractivity (Wildman–Crippen MR) is 108 cm³/mol. The van der Waals surface area contributed by atoms with Crippen molar-refractivity contribution in [3.63, 3.8) is 0 Å². The van der Waals surface area contributed by atoms with Crippen molar-refractivity contribution in [1.29, 1.82) is 0 Å². The molecule has 0 aliphatic heterocycles. The molecule has 2 N–H and O–H groups in total. The molecular weight excluding hydrogens is 462 g/mol. The van der Waals surface area contributed by atoms with Gasteiger partial charge >= 0.3 is 12.3 Å². The molecule has 6 nitrogen and oxygen atoms in total. The second-order valence-electron chi connectivity index (χ2n) is 6.52. The van der Waals surface area contributed by atoms with Crippen molar-refractivity contribution in [3.8, 4) is 5.75 Å². The molecule has 0 unspecified atom stereocenters. The van der Waals surface area contributed by atoms with E-state index in [1.807, 2.05) is 0 Å². The number of ether oxygens (including phenoxy) is 1. The molecule has 3 rings (SSSR count). The van der Waals surface area contributed by atoms with E-state index in [2.05, 4.69) is 4.74 Å². The first-order valence-corrected chi connectivity index (χ1v) is 9.50. The highest BCUT2D eigenvalue weighted by atomic mass is 35.5. The molecule has 0 fully saturated rings. The summed E-state index contributed by atoms with van der Waals surface area (Å²) in [5.74, 6) is -0.597. The van der Waals surface area contributed by atoms with E-state index in [4.69, 9.17) is 28.3 Å². The zero-order valence-corrected chi connectivity index (χ0v) is 17.1. The minimum Gasteiger partial charge on any atom is -0.449 e. The Morgan fingerprint density at radius 2 is 1.87 bits per heavy atom. The van der Waals surface area contributed by atoms with Crippen LogP contribution in [0, 0.1) is 0 Å². The van der Waals surface area contributed by atoms with Crippen molar-refractivity contribution in [1.82, 2.24) is 4.57 Å². The smallest absolute Gasteiger partial charge is 0.449 e. The first kappa shape index (κ1) is 22.9. The lowest BCUT2D eigenvalue weighted by molar-refractivity contribution is -0.138. The molecule has 2 aromatic carbocycles. The van der Waals surface area contributed by atoms with Gasteiger partial charge in [0.15, 0.2) is 5.75 Å². The number of aliphatic hydroxyl groups excluding tert-OH is 1. The Kier molecular flexibility index (Phi) is 6.49. The Morgan fingerprint density at radius 3 is 2.48 bits per heavy atom. The summed E-state index contributed by atoms with van der Waals surface area (Å²) in [5.41, 5.74) is -1.99. The molecule has 11 heteroatoms. The van der Waals surface area contributed by atoms with Crippen LogP contribution in [0.25, 0.3) is 10.9 Å². The molecule has 0 bridgehead atoms. The van der Waals surface area contributed by atoms with Gasteiger partial charge in [-0.05, 0) is 35.7 Å². The number of benzene rings is 2. The monoisotopic (exact) mass is 475 g/mol. The van der Waals surface area contributed by atoms with Gasteiger partial charge in [-0.25, -0.2) is 4.79 Å². The van der Waals surface area contributed by atoms with Gasteiger partial charge < -0.3 is 19.5 Å². The molecule has 1 heterocycles. The minimum atomic E-state index is -4.76. The number of halogens is 5. The van der Waals surface area contributed by atoms with Gasteiger partial charge in [-0.3, -0.25) is 4.79 Å². The van der Waals surface area contributed by atoms with Crippen LogP contribution in [0.4, 0.5) is 18.0 Å². The average molecular weight is 476 g/mol. The SMILES string of the molecule is O=C(O)Oc1cn(CCO)c2cc(C(F)(F)F)c(Cc3cccc(Cl)c3Cl)cc2c1=O. The number of pyridine rings is 1. The Bertz CT molecular complexity index is 1220. The maximum absolute atomic E-state index is 13.8. The number of carboxylic acid groups (broad SMARTS) is 1. The largest absolute Gasteiger partial charge is 0.511 e. The number of hydrogen-bond acceptors (Lipinski definition) is 4. The molecule has 0 aliphatic carbocycles. The number of nitrogens with zero attached hydrogens (tertiary/aromatic N) is 1. The lowest BCUT2D eigenvalue weighted by Gasteiger charge is -2.18. The molecule has 31 heavy (non-hydrogen) atoms. The van der Waals surface area contributed by atoms with Crippen LogP contribution in [0.5, 0.6) is 5.75 Å². The van der Waals surface area contributed by atoms with Crippen LogP contribution in [-0.4, -0.2) is 27.5 Å². The third-order valence-electron chi connectivity index (χ3n) is 4.53. The van der Waals surface area contributed by atoms with Gasteiger partial charge in [-0.2, -0.15) is 13.2 Å². The van der Waals surface area contributed by atoms with Gasteiger partial charge in [-0.15, -0.1) is 0 Å². The summed E-state index contributed by atoms with van der Waals surface area (Å²) in [4.78, 5) is 23.6. The molecule has 164 valence electrons. The van der Waals surface area contributed by atoms with Crippen LogP contribution in [0.2, 0.25) is 10.0 Å². The van der Waals surface area contributed by atoms with Crippen molar-refractivity contribution in [2.75, 3.05) is 6.61 Å². The molecule has 0 aliphatic rings. The quantitative estimate of drug-likeness (QED) is 0.508. The maximum atomic E-state index is 13.8. The highest BCUT2D eigenvalue weighted by Crippen LogP contribution is 2.37. The van der Waals surface area contributed by atoms with E-state index in [1.165, 1.54) is 18.2 Å². The van der Waals surface area contributed by atoms with Crippen molar-refractivity contribution in [2.24, 2.45) is 0 Å². The Hall–Kier alpha value is -2.75. The van der Waals surface area contributed by atoms with Gasteiger partial charge in [0.25, 0.3) is 0 Å². The van der Waals surface area contributed by atoms with Crippen molar-refractivity contribution in [3.05, 3.63) is 73.5 Å². The highest BCUT2D eigenvalue weighted by Gasteiger charge is 2.34. The fourth-order valence-corrected chi connectivity index (χ4v) is 3.60. The average Bonchev–Trinajstić information content (AvgIpc) is 2.67. The number of rotatable bonds is 5. The molecule has 0 atom stereocenters. The van der Waals surface area contributed by atoms with Crippen LogP contribution in [0.15, 0.2) is 41.3 Å². The second kappa shape index (κ2) is 8.78. The van der Waals surface area contributed by atoms with Gasteiger partial charge in [0, 0.05) is 11.9 Å². The topological polar surface area (TPSA) is 88.8 Å². The van der Waals surface area contributed by atoms with Gasteiger partial charge in [0.2, 0.25) is 5.43 Å². The molecule has 0 saturated heterocycles. The lowest BCUT2D eigenvalue weighted by atomic mass is 9.96. The lowest BCUT2D eigenvalue weighted by Crippen LogP contribution is -2.19. The molecule has 1 aromatic heterocycles. The molecule has 3 aromatic rings. The summed E-state index contributed by atoms with van der Waals surface area (Å²) in [6.07, 6.45) is -5.86. The van der Waals surface area contributed by atoms with Crippen molar-refractivity contribution >= 4 is 40.3 Å². The highest BCUT2D eigenvalue weighted by molar-refractivity contribution is 6.42. The first-order chi connectivity index (χ1) is 14.5.